The van der Waals surface area contributed by atoms with Gasteiger partial charge in [0.15, 0.2) is 5.69 Å². The Morgan fingerprint density at radius 3 is 2.87 bits per heavy atom. The number of hydrogen-bond donors (Lipinski definition) is 2. The fourth-order valence-corrected chi connectivity index (χ4v) is 0.914. The smallest absolute Gasteiger partial charge is 0.356 e. The standard InChI is InChI=1S/C9H10N4O2/c10-3-1-2-4-11-8-6-12-7(5-13-8)9(14)15/h5-6H,1-2,4H2,(H,11,13)(H,14,15). The van der Waals surface area contributed by atoms with Crippen molar-refractivity contribution in [3.05, 3.63) is 18.1 Å². The summed E-state index contributed by atoms with van der Waals surface area (Å²) in [6, 6.07) is 2.02. The summed E-state index contributed by atoms with van der Waals surface area (Å²) in [6.45, 7) is 0.620. The minimum Gasteiger partial charge on any atom is -0.476 e. The number of nitrogens with zero attached hydrogens (tertiary/aromatic N) is 3. The minimum atomic E-state index is -1.10. The molecule has 0 radical (unpaired) electrons. The number of carboxylic acid groups (broad SMARTS) is 1. The lowest BCUT2D eigenvalue weighted by Gasteiger charge is -2.02. The maximum atomic E-state index is 10.5. The van der Waals surface area contributed by atoms with Crippen LogP contribution >= 0.6 is 0 Å². The van der Waals surface area contributed by atoms with Crippen LogP contribution in [-0.4, -0.2) is 27.6 Å². The van der Waals surface area contributed by atoms with Crippen molar-refractivity contribution in [1.82, 2.24) is 9.97 Å². The summed E-state index contributed by atoms with van der Waals surface area (Å²) in [7, 11) is 0. The molecule has 1 rings (SSSR count). The zero-order chi connectivity index (χ0) is 11.1. The molecule has 0 aliphatic rings. The van der Waals surface area contributed by atoms with E-state index in [1.807, 2.05) is 6.07 Å². The molecule has 0 spiro atoms. The molecule has 2 N–H and O–H groups in total. The van der Waals surface area contributed by atoms with Gasteiger partial charge in [0.2, 0.25) is 0 Å². The van der Waals surface area contributed by atoms with Crippen LogP contribution in [0, 0.1) is 11.3 Å². The van der Waals surface area contributed by atoms with Crippen molar-refractivity contribution in [3.63, 3.8) is 0 Å². The molecule has 0 atom stereocenters. The molecule has 0 saturated carbocycles. The number of unbranched alkanes of at least 4 members (excludes halogenated alkanes) is 1. The van der Waals surface area contributed by atoms with E-state index in [4.69, 9.17) is 10.4 Å². The van der Waals surface area contributed by atoms with Crippen LogP contribution in [0.5, 0.6) is 0 Å². The number of anilines is 1. The summed E-state index contributed by atoms with van der Waals surface area (Å²) in [6.07, 6.45) is 3.75. The molecular formula is C9H10N4O2. The van der Waals surface area contributed by atoms with Crippen molar-refractivity contribution in [2.24, 2.45) is 0 Å². The molecule has 1 heterocycles. The van der Waals surface area contributed by atoms with Gasteiger partial charge in [0.25, 0.3) is 0 Å². The normalized spacial score (nSPS) is 9.27. The second-order valence-corrected chi connectivity index (χ2v) is 2.78. The van der Waals surface area contributed by atoms with E-state index < -0.39 is 5.97 Å². The van der Waals surface area contributed by atoms with E-state index in [2.05, 4.69) is 15.3 Å². The van der Waals surface area contributed by atoms with Gasteiger partial charge >= 0.3 is 5.97 Å². The summed E-state index contributed by atoms with van der Waals surface area (Å²) >= 11 is 0. The summed E-state index contributed by atoms with van der Waals surface area (Å²) in [5, 5.41) is 19.8. The lowest BCUT2D eigenvalue weighted by Crippen LogP contribution is -2.06. The van der Waals surface area contributed by atoms with Crippen LogP contribution in [0.4, 0.5) is 5.82 Å². The van der Waals surface area contributed by atoms with Crippen molar-refractivity contribution in [2.45, 2.75) is 12.8 Å². The SMILES string of the molecule is N#CCCCNc1cnc(C(=O)O)cn1. The Bertz CT molecular complexity index is 369. The Kier molecular flexibility index (Phi) is 4.04. The van der Waals surface area contributed by atoms with Crippen LogP contribution in [0.2, 0.25) is 0 Å². The van der Waals surface area contributed by atoms with Crippen LogP contribution in [0.25, 0.3) is 0 Å². The van der Waals surface area contributed by atoms with Crippen molar-refractivity contribution in [2.75, 3.05) is 11.9 Å². The number of carboxylic acids is 1. The Morgan fingerprint density at radius 2 is 2.33 bits per heavy atom. The summed E-state index contributed by atoms with van der Waals surface area (Å²) in [5.41, 5.74) is -0.0856. The predicted octanol–water partition coefficient (Wildman–Crippen LogP) is 0.890. The van der Waals surface area contributed by atoms with Gasteiger partial charge in [0, 0.05) is 13.0 Å². The van der Waals surface area contributed by atoms with Crippen molar-refractivity contribution in [1.29, 1.82) is 5.26 Å². The van der Waals surface area contributed by atoms with Gasteiger partial charge in [0.05, 0.1) is 18.5 Å². The molecule has 0 unspecified atom stereocenters. The highest BCUT2D eigenvalue weighted by Gasteiger charge is 2.03. The fraction of sp³-hybridized carbons (Fsp3) is 0.333. The maximum Gasteiger partial charge on any atom is 0.356 e. The van der Waals surface area contributed by atoms with Gasteiger partial charge in [0.1, 0.15) is 5.82 Å². The summed E-state index contributed by atoms with van der Waals surface area (Å²) < 4.78 is 0. The Hall–Kier alpha value is -2.16. The van der Waals surface area contributed by atoms with Crippen LogP contribution in [0.15, 0.2) is 12.4 Å². The molecule has 1 aromatic heterocycles. The Labute approximate surface area is 86.6 Å². The molecule has 1 aromatic rings. The van der Waals surface area contributed by atoms with Crippen LogP contribution in [0.1, 0.15) is 23.3 Å². The lowest BCUT2D eigenvalue weighted by atomic mass is 10.3. The van der Waals surface area contributed by atoms with E-state index >= 15 is 0 Å². The average molecular weight is 206 g/mol. The predicted molar refractivity (Wildman–Crippen MR) is 52.3 cm³/mol. The molecule has 15 heavy (non-hydrogen) atoms. The molecular weight excluding hydrogens is 196 g/mol. The van der Waals surface area contributed by atoms with Gasteiger partial charge in [-0.05, 0) is 6.42 Å². The van der Waals surface area contributed by atoms with Gasteiger partial charge in [-0.3, -0.25) is 0 Å². The number of hydrogen-bond acceptors (Lipinski definition) is 5. The second-order valence-electron chi connectivity index (χ2n) is 2.78. The number of carbonyl (C=O) groups is 1. The first-order valence-electron chi connectivity index (χ1n) is 4.40. The van der Waals surface area contributed by atoms with E-state index in [0.717, 1.165) is 6.42 Å². The Balaban J connectivity index is 2.43. The summed E-state index contributed by atoms with van der Waals surface area (Å²) in [5.74, 6) is -0.587. The van der Waals surface area contributed by atoms with Gasteiger partial charge < -0.3 is 10.4 Å². The highest BCUT2D eigenvalue weighted by Crippen LogP contribution is 2.01. The van der Waals surface area contributed by atoms with Gasteiger partial charge in [-0.25, -0.2) is 14.8 Å². The first-order valence-corrected chi connectivity index (χ1v) is 4.40. The third-order valence-corrected chi connectivity index (χ3v) is 1.64. The average Bonchev–Trinajstić information content (AvgIpc) is 2.25. The number of rotatable bonds is 5. The maximum absolute atomic E-state index is 10.5. The largest absolute Gasteiger partial charge is 0.476 e. The quantitative estimate of drug-likeness (QED) is 0.694. The summed E-state index contributed by atoms with van der Waals surface area (Å²) in [4.78, 5) is 18.0. The monoisotopic (exact) mass is 206 g/mol. The molecule has 0 aromatic carbocycles. The fourth-order valence-electron chi connectivity index (χ4n) is 0.914. The highest BCUT2D eigenvalue weighted by atomic mass is 16.4. The number of nitrogens with one attached hydrogen (secondary N) is 1. The van der Waals surface area contributed by atoms with Gasteiger partial charge in [-0.2, -0.15) is 5.26 Å². The molecule has 6 nitrogen and oxygen atoms in total. The Morgan fingerprint density at radius 1 is 1.53 bits per heavy atom. The molecule has 0 fully saturated rings. The van der Waals surface area contributed by atoms with E-state index in [-0.39, 0.29) is 5.69 Å². The number of aromatic carboxylic acids is 1. The number of aromatic nitrogens is 2. The zero-order valence-corrected chi connectivity index (χ0v) is 7.97. The lowest BCUT2D eigenvalue weighted by molar-refractivity contribution is 0.0690. The number of nitriles is 1. The highest BCUT2D eigenvalue weighted by molar-refractivity contribution is 5.84. The molecule has 0 aliphatic carbocycles. The molecule has 0 amide bonds. The molecule has 6 heteroatoms. The molecule has 0 aliphatic heterocycles. The molecule has 0 saturated heterocycles. The van der Waals surface area contributed by atoms with Crippen LogP contribution in [-0.2, 0) is 0 Å². The van der Waals surface area contributed by atoms with Crippen molar-refractivity contribution < 1.29 is 9.90 Å². The first kappa shape index (κ1) is 10.9. The zero-order valence-electron chi connectivity index (χ0n) is 7.97. The van der Waals surface area contributed by atoms with Crippen molar-refractivity contribution in [3.8, 4) is 6.07 Å². The molecule has 78 valence electrons. The first-order chi connectivity index (χ1) is 7.24. The second kappa shape index (κ2) is 5.54. The van der Waals surface area contributed by atoms with Crippen molar-refractivity contribution >= 4 is 11.8 Å². The van der Waals surface area contributed by atoms with Crippen LogP contribution < -0.4 is 5.32 Å². The van der Waals surface area contributed by atoms with E-state index in [0.29, 0.717) is 18.8 Å². The van der Waals surface area contributed by atoms with Gasteiger partial charge in [-0.1, -0.05) is 0 Å². The van der Waals surface area contributed by atoms with Crippen LogP contribution in [0.3, 0.4) is 0 Å². The topological polar surface area (TPSA) is 98.9 Å². The third-order valence-electron chi connectivity index (χ3n) is 1.64. The minimum absolute atomic E-state index is 0.0856. The third kappa shape index (κ3) is 3.60. The molecule has 0 bridgehead atoms. The van der Waals surface area contributed by atoms with E-state index in [1.54, 1.807) is 0 Å². The van der Waals surface area contributed by atoms with E-state index in [1.165, 1.54) is 12.4 Å². The van der Waals surface area contributed by atoms with Gasteiger partial charge in [-0.15, -0.1) is 0 Å². The van der Waals surface area contributed by atoms with E-state index in [9.17, 15) is 4.79 Å².